The first kappa shape index (κ1) is 10.3. The number of rotatable bonds is 4. The quantitative estimate of drug-likeness (QED) is 0.696. The maximum Gasteiger partial charge on any atom is 0.108 e. The number of imidazole rings is 1. The molecule has 13 heavy (non-hydrogen) atoms. The second-order valence-electron chi connectivity index (χ2n) is 3.89. The van der Waals surface area contributed by atoms with Crippen LogP contribution >= 0.6 is 0 Å². The van der Waals surface area contributed by atoms with Gasteiger partial charge in [0, 0.05) is 19.2 Å². The van der Waals surface area contributed by atoms with E-state index < -0.39 is 0 Å². The maximum atomic E-state index is 4.60. The summed E-state index contributed by atoms with van der Waals surface area (Å²) in [6.45, 7) is 9.83. The van der Waals surface area contributed by atoms with Gasteiger partial charge in [-0.1, -0.05) is 20.8 Å². The van der Waals surface area contributed by atoms with Crippen molar-refractivity contribution < 1.29 is 0 Å². The molecule has 0 aliphatic rings. The average Bonchev–Trinajstić information content (AvgIpc) is 2.45. The Morgan fingerprint density at radius 1 is 1.38 bits per heavy atom. The number of hydrogen-bond donors (Lipinski definition) is 0. The molecule has 1 heterocycles. The third-order valence-electron chi connectivity index (χ3n) is 2.18. The Hall–Kier alpha value is -0.790. The SMILES string of the molecule is CCc1nc(CC(C)C)cn1CC. The average molecular weight is 180 g/mol. The smallest absolute Gasteiger partial charge is 0.108 e. The van der Waals surface area contributed by atoms with E-state index in [9.17, 15) is 0 Å². The maximum absolute atomic E-state index is 4.60. The number of hydrogen-bond acceptors (Lipinski definition) is 1. The summed E-state index contributed by atoms with van der Waals surface area (Å²) in [7, 11) is 0. The fourth-order valence-corrected chi connectivity index (χ4v) is 1.59. The van der Waals surface area contributed by atoms with Gasteiger partial charge in [-0.15, -0.1) is 0 Å². The van der Waals surface area contributed by atoms with Crippen molar-refractivity contribution >= 4 is 0 Å². The number of aryl methyl sites for hydroxylation is 2. The second-order valence-corrected chi connectivity index (χ2v) is 3.89. The fourth-order valence-electron chi connectivity index (χ4n) is 1.59. The van der Waals surface area contributed by atoms with Gasteiger partial charge in [0.15, 0.2) is 0 Å². The van der Waals surface area contributed by atoms with Gasteiger partial charge in [0.05, 0.1) is 5.69 Å². The van der Waals surface area contributed by atoms with Gasteiger partial charge < -0.3 is 4.57 Å². The van der Waals surface area contributed by atoms with Gasteiger partial charge in [-0.05, 0) is 19.3 Å². The highest BCUT2D eigenvalue weighted by Crippen LogP contribution is 2.09. The molecular weight excluding hydrogens is 160 g/mol. The van der Waals surface area contributed by atoms with Crippen molar-refractivity contribution in [2.24, 2.45) is 5.92 Å². The molecule has 0 spiro atoms. The van der Waals surface area contributed by atoms with E-state index in [1.807, 2.05) is 0 Å². The predicted molar refractivity (Wildman–Crippen MR) is 55.8 cm³/mol. The van der Waals surface area contributed by atoms with Gasteiger partial charge in [0.25, 0.3) is 0 Å². The molecule has 0 amide bonds. The molecule has 0 unspecified atom stereocenters. The van der Waals surface area contributed by atoms with Crippen molar-refractivity contribution in [3.8, 4) is 0 Å². The van der Waals surface area contributed by atoms with Crippen LogP contribution in [0, 0.1) is 5.92 Å². The largest absolute Gasteiger partial charge is 0.335 e. The van der Waals surface area contributed by atoms with Gasteiger partial charge in [-0.25, -0.2) is 4.98 Å². The van der Waals surface area contributed by atoms with Crippen LogP contribution in [0.3, 0.4) is 0 Å². The Bertz CT molecular complexity index is 240. The van der Waals surface area contributed by atoms with Crippen LogP contribution in [0.1, 0.15) is 39.2 Å². The summed E-state index contributed by atoms with van der Waals surface area (Å²) in [5, 5.41) is 0. The zero-order valence-corrected chi connectivity index (χ0v) is 9.17. The van der Waals surface area contributed by atoms with Crippen LogP contribution in [0.25, 0.3) is 0 Å². The molecule has 0 N–H and O–H groups in total. The molecule has 0 aliphatic heterocycles. The van der Waals surface area contributed by atoms with Crippen LogP contribution < -0.4 is 0 Å². The number of nitrogens with zero attached hydrogens (tertiary/aromatic N) is 2. The summed E-state index contributed by atoms with van der Waals surface area (Å²) in [6.07, 6.45) is 4.32. The van der Waals surface area contributed by atoms with E-state index in [-0.39, 0.29) is 0 Å². The van der Waals surface area contributed by atoms with Gasteiger partial charge in [-0.3, -0.25) is 0 Å². The summed E-state index contributed by atoms with van der Waals surface area (Å²) in [4.78, 5) is 4.60. The van der Waals surface area contributed by atoms with Crippen molar-refractivity contribution in [1.82, 2.24) is 9.55 Å². The molecule has 74 valence electrons. The first-order valence-electron chi connectivity index (χ1n) is 5.22. The Labute approximate surface area is 81.0 Å². The highest BCUT2D eigenvalue weighted by atomic mass is 15.1. The van der Waals surface area contributed by atoms with Crippen molar-refractivity contribution in [1.29, 1.82) is 0 Å². The van der Waals surface area contributed by atoms with Crippen LogP contribution in [-0.2, 0) is 19.4 Å². The lowest BCUT2D eigenvalue weighted by molar-refractivity contribution is 0.636. The molecule has 0 fully saturated rings. The van der Waals surface area contributed by atoms with Gasteiger partial charge >= 0.3 is 0 Å². The van der Waals surface area contributed by atoms with E-state index in [0.29, 0.717) is 5.92 Å². The van der Waals surface area contributed by atoms with Crippen LogP contribution in [-0.4, -0.2) is 9.55 Å². The van der Waals surface area contributed by atoms with Crippen molar-refractivity contribution in [3.63, 3.8) is 0 Å². The molecule has 0 radical (unpaired) electrons. The first-order chi connectivity index (χ1) is 6.17. The zero-order valence-electron chi connectivity index (χ0n) is 9.17. The topological polar surface area (TPSA) is 17.8 Å². The minimum atomic E-state index is 0.699. The third kappa shape index (κ3) is 2.58. The van der Waals surface area contributed by atoms with E-state index in [1.165, 1.54) is 11.5 Å². The highest BCUT2D eigenvalue weighted by molar-refractivity contribution is 5.04. The highest BCUT2D eigenvalue weighted by Gasteiger charge is 2.05. The molecule has 2 heteroatoms. The Morgan fingerprint density at radius 2 is 2.08 bits per heavy atom. The van der Waals surface area contributed by atoms with Crippen molar-refractivity contribution in [2.75, 3.05) is 0 Å². The third-order valence-corrected chi connectivity index (χ3v) is 2.18. The van der Waals surface area contributed by atoms with E-state index in [1.54, 1.807) is 0 Å². The lowest BCUT2D eigenvalue weighted by Crippen LogP contribution is -1.98. The first-order valence-corrected chi connectivity index (χ1v) is 5.22. The minimum Gasteiger partial charge on any atom is -0.335 e. The number of aromatic nitrogens is 2. The van der Waals surface area contributed by atoms with E-state index in [2.05, 4.69) is 43.4 Å². The molecule has 0 aromatic carbocycles. The lowest BCUT2D eigenvalue weighted by atomic mass is 10.1. The molecule has 1 aromatic heterocycles. The van der Waals surface area contributed by atoms with Crippen LogP contribution in [0.2, 0.25) is 0 Å². The molecule has 0 saturated heterocycles. The van der Waals surface area contributed by atoms with Gasteiger partial charge in [-0.2, -0.15) is 0 Å². The second kappa shape index (κ2) is 4.45. The van der Waals surface area contributed by atoms with Crippen LogP contribution in [0.4, 0.5) is 0 Å². The van der Waals surface area contributed by atoms with Crippen molar-refractivity contribution in [3.05, 3.63) is 17.7 Å². The summed E-state index contributed by atoms with van der Waals surface area (Å²) >= 11 is 0. The van der Waals surface area contributed by atoms with Gasteiger partial charge in [0.2, 0.25) is 0 Å². The molecule has 1 rings (SSSR count). The Balaban J connectivity index is 2.80. The molecule has 0 saturated carbocycles. The molecule has 1 aromatic rings. The molecule has 0 aliphatic carbocycles. The van der Waals surface area contributed by atoms with E-state index in [4.69, 9.17) is 0 Å². The zero-order chi connectivity index (χ0) is 9.84. The predicted octanol–water partition coefficient (Wildman–Crippen LogP) is 2.66. The minimum absolute atomic E-state index is 0.699. The summed E-state index contributed by atoms with van der Waals surface area (Å²) in [5.74, 6) is 1.92. The fraction of sp³-hybridized carbons (Fsp3) is 0.727. The molecular formula is C11H20N2. The van der Waals surface area contributed by atoms with Crippen LogP contribution in [0.5, 0.6) is 0 Å². The molecule has 0 bridgehead atoms. The normalized spacial score (nSPS) is 11.2. The monoisotopic (exact) mass is 180 g/mol. The molecule has 0 atom stereocenters. The Kier molecular flexibility index (Phi) is 3.52. The summed E-state index contributed by atoms with van der Waals surface area (Å²) in [5.41, 5.74) is 1.24. The summed E-state index contributed by atoms with van der Waals surface area (Å²) < 4.78 is 2.25. The Morgan fingerprint density at radius 3 is 2.46 bits per heavy atom. The molecule has 2 nitrogen and oxygen atoms in total. The lowest BCUT2D eigenvalue weighted by Gasteiger charge is -1.99. The summed E-state index contributed by atoms with van der Waals surface area (Å²) in [6, 6.07) is 0. The van der Waals surface area contributed by atoms with Crippen LogP contribution in [0.15, 0.2) is 6.20 Å². The van der Waals surface area contributed by atoms with Crippen molar-refractivity contribution in [2.45, 2.75) is 47.1 Å². The van der Waals surface area contributed by atoms with E-state index >= 15 is 0 Å². The van der Waals surface area contributed by atoms with E-state index in [0.717, 1.165) is 19.4 Å². The standard InChI is InChI=1S/C11H20N2/c1-5-11-12-10(7-9(3)4)8-13(11)6-2/h8-9H,5-7H2,1-4H3. The van der Waals surface area contributed by atoms with Gasteiger partial charge in [0.1, 0.15) is 5.82 Å².